The van der Waals surface area contributed by atoms with Crippen molar-refractivity contribution in [3.63, 3.8) is 0 Å². The Morgan fingerprint density at radius 1 is 1.37 bits per heavy atom. The number of rotatable bonds is 4. The Morgan fingerprint density at radius 3 is 2.79 bits per heavy atom. The first kappa shape index (κ1) is 14.0. The molecule has 0 fully saturated rings. The summed E-state index contributed by atoms with van der Waals surface area (Å²) in [5.74, 6) is -0.570. The Bertz CT molecular complexity index is 577. The number of benzene rings is 1. The fourth-order valence-electron chi connectivity index (χ4n) is 1.38. The van der Waals surface area contributed by atoms with Gasteiger partial charge in [-0.3, -0.25) is 0 Å². The van der Waals surface area contributed by atoms with Crippen LogP contribution in [-0.2, 0) is 6.42 Å². The predicted molar refractivity (Wildman–Crippen MR) is 63.1 cm³/mol. The van der Waals surface area contributed by atoms with Gasteiger partial charge in [0.15, 0.2) is 0 Å². The molecule has 19 heavy (non-hydrogen) atoms. The maximum absolute atomic E-state index is 13.1. The number of aromatic nitrogens is 2. The zero-order chi connectivity index (χ0) is 14.0. The zero-order valence-corrected chi connectivity index (χ0v) is 10.9. The minimum Gasteiger partial charge on any atom is -0.387 e. The smallest absolute Gasteiger partial charge is 0.264 e. The van der Waals surface area contributed by atoms with Crippen molar-refractivity contribution in [3.05, 3.63) is 34.4 Å². The Labute approximate surface area is 114 Å². The molecular weight excluding hydrogens is 329 g/mol. The number of hydrogen-bond donors (Lipinski definition) is 1. The van der Waals surface area contributed by atoms with Crippen molar-refractivity contribution in [2.45, 2.75) is 19.0 Å². The van der Waals surface area contributed by atoms with Gasteiger partial charge in [-0.2, -0.15) is 4.98 Å². The summed E-state index contributed by atoms with van der Waals surface area (Å²) in [5.41, 5.74) is 0.335. The largest absolute Gasteiger partial charge is 0.387 e. The fraction of sp³-hybridized carbons (Fsp3) is 0.273. The van der Waals surface area contributed by atoms with Gasteiger partial charge in [-0.25, -0.2) is 13.2 Å². The Balaban J connectivity index is 2.23. The SMILES string of the molecule is OC(Cc1nc(-c2cc(F)ccc2Br)no1)C(F)F. The second kappa shape index (κ2) is 5.70. The lowest BCUT2D eigenvalue weighted by atomic mass is 10.2. The molecule has 1 N–H and O–H groups in total. The molecule has 0 spiro atoms. The molecule has 0 radical (unpaired) electrons. The molecule has 2 rings (SSSR count). The Morgan fingerprint density at radius 2 is 2.11 bits per heavy atom. The van der Waals surface area contributed by atoms with Gasteiger partial charge in [-0.05, 0) is 18.2 Å². The minimum atomic E-state index is -2.89. The van der Waals surface area contributed by atoms with E-state index in [2.05, 4.69) is 26.1 Å². The van der Waals surface area contributed by atoms with Crippen molar-refractivity contribution in [3.8, 4) is 11.4 Å². The molecule has 0 aliphatic heterocycles. The van der Waals surface area contributed by atoms with Gasteiger partial charge in [-0.15, -0.1) is 0 Å². The van der Waals surface area contributed by atoms with Gasteiger partial charge in [0.1, 0.15) is 11.9 Å². The van der Waals surface area contributed by atoms with Crippen molar-refractivity contribution in [2.24, 2.45) is 0 Å². The van der Waals surface area contributed by atoms with Crippen LogP contribution < -0.4 is 0 Å². The number of halogens is 4. The maximum Gasteiger partial charge on any atom is 0.264 e. The van der Waals surface area contributed by atoms with Crippen LogP contribution in [0.15, 0.2) is 27.2 Å². The molecule has 0 aliphatic rings. The molecule has 0 amide bonds. The van der Waals surface area contributed by atoms with Gasteiger partial charge in [0.05, 0.1) is 6.42 Å². The van der Waals surface area contributed by atoms with E-state index in [-0.39, 0.29) is 11.7 Å². The highest BCUT2D eigenvalue weighted by atomic mass is 79.9. The zero-order valence-electron chi connectivity index (χ0n) is 9.36. The van der Waals surface area contributed by atoms with Crippen molar-refractivity contribution < 1.29 is 22.8 Å². The predicted octanol–water partition coefficient (Wildman–Crippen LogP) is 2.81. The molecule has 1 aromatic carbocycles. The first-order valence-corrected chi connectivity index (χ1v) is 6.01. The van der Waals surface area contributed by atoms with Crippen LogP contribution in [0.2, 0.25) is 0 Å². The van der Waals surface area contributed by atoms with E-state index in [1.54, 1.807) is 0 Å². The number of hydrogen-bond acceptors (Lipinski definition) is 4. The van der Waals surface area contributed by atoms with Crippen LogP contribution in [0.1, 0.15) is 5.89 Å². The van der Waals surface area contributed by atoms with Gasteiger partial charge in [0.2, 0.25) is 11.7 Å². The lowest BCUT2D eigenvalue weighted by Crippen LogP contribution is -2.20. The summed E-state index contributed by atoms with van der Waals surface area (Å²) in [5, 5.41) is 12.6. The topological polar surface area (TPSA) is 59.2 Å². The number of aliphatic hydroxyl groups excluding tert-OH is 1. The van der Waals surface area contributed by atoms with E-state index in [1.165, 1.54) is 18.2 Å². The van der Waals surface area contributed by atoms with Crippen molar-refractivity contribution in [2.75, 3.05) is 0 Å². The molecular formula is C11H8BrF3N2O2. The van der Waals surface area contributed by atoms with E-state index < -0.39 is 24.8 Å². The highest BCUT2D eigenvalue weighted by molar-refractivity contribution is 9.10. The van der Waals surface area contributed by atoms with Crippen LogP contribution in [-0.4, -0.2) is 27.8 Å². The van der Waals surface area contributed by atoms with Crippen LogP contribution in [0.4, 0.5) is 13.2 Å². The maximum atomic E-state index is 13.1. The highest BCUT2D eigenvalue weighted by Gasteiger charge is 2.21. The average molecular weight is 337 g/mol. The summed E-state index contributed by atoms with van der Waals surface area (Å²) in [4.78, 5) is 3.84. The van der Waals surface area contributed by atoms with Gasteiger partial charge in [0, 0.05) is 10.0 Å². The second-order valence-corrected chi connectivity index (χ2v) is 4.60. The van der Waals surface area contributed by atoms with Crippen LogP contribution in [0.5, 0.6) is 0 Å². The summed E-state index contributed by atoms with van der Waals surface area (Å²) >= 11 is 3.19. The molecule has 0 bridgehead atoms. The summed E-state index contributed by atoms with van der Waals surface area (Å²) in [6.45, 7) is 0. The van der Waals surface area contributed by atoms with Crippen molar-refractivity contribution >= 4 is 15.9 Å². The van der Waals surface area contributed by atoms with E-state index in [1.807, 2.05) is 0 Å². The quantitative estimate of drug-likeness (QED) is 0.932. The monoisotopic (exact) mass is 336 g/mol. The Hall–Kier alpha value is -1.41. The van der Waals surface area contributed by atoms with E-state index >= 15 is 0 Å². The van der Waals surface area contributed by atoms with E-state index in [4.69, 9.17) is 9.63 Å². The highest BCUT2D eigenvalue weighted by Crippen LogP contribution is 2.27. The van der Waals surface area contributed by atoms with Gasteiger partial charge >= 0.3 is 0 Å². The van der Waals surface area contributed by atoms with E-state index in [0.717, 1.165) is 0 Å². The second-order valence-electron chi connectivity index (χ2n) is 3.74. The molecule has 8 heteroatoms. The van der Waals surface area contributed by atoms with Crippen LogP contribution in [0.3, 0.4) is 0 Å². The average Bonchev–Trinajstić information content (AvgIpc) is 2.80. The third kappa shape index (κ3) is 3.32. The van der Waals surface area contributed by atoms with Crippen molar-refractivity contribution in [1.82, 2.24) is 10.1 Å². The first-order chi connectivity index (χ1) is 8.97. The lowest BCUT2D eigenvalue weighted by Gasteiger charge is -2.04. The molecule has 0 aliphatic carbocycles. The van der Waals surface area contributed by atoms with Gasteiger partial charge < -0.3 is 9.63 Å². The van der Waals surface area contributed by atoms with Crippen molar-refractivity contribution in [1.29, 1.82) is 0 Å². The molecule has 1 heterocycles. The van der Waals surface area contributed by atoms with E-state index in [0.29, 0.717) is 10.0 Å². The third-order valence-electron chi connectivity index (χ3n) is 2.31. The minimum absolute atomic E-state index is 0.0582. The molecule has 4 nitrogen and oxygen atoms in total. The van der Waals surface area contributed by atoms with Crippen LogP contribution in [0, 0.1) is 5.82 Å². The molecule has 1 atom stereocenters. The molecule has 1 unspecified atom stereocenters. The first-order valence-electron chi connectivity index (χ1n) is 5.21. The third-order valence-corrected chi connectivity index (χ3v) is 3.00. The molecule has 2 aromatic rings. The number of nitrogens with zero attached hydrogens (tertiary/aromatic N) is 2. The normalized spacial score (nSPS) is 12.9. The molecule has 0 saturated carbocycles. The Kier molecular flexibility index (Phi) is 4.20. The summed E-state index contributed by atoms with van der Waals surface area (Å²) in [6, 6.07) is 3.89. The molecule has 1 aromatic heterocycles. The van der Waals surface area contributed by atoms with Crippen LogP contribution in [0.25, 0.3) is 11.4 Å². The molecule has 0 saturated heterocycles. The summed E-state index contributed by atoms with van der Waals surface area (Å²) in [7, 11) is 0. The number of aliphatic hydroxyl groups is 1. The molecule has 102 valence electrons. The van der Waals surface area contributed by atoms with Crippen LogP contribution >= 0.6 is 15.9 Å². The van der Waals surface area contributed by atoms with Gasteiger partial charge in [-0.1, -0.05) is 21.1 Å². The van der Waals surface area contributed by atoms with E-state index in [9.17, 15) is 13.2 Å². The fourth-order valence-corrected chi connectivity index (χ4v) is 1.81. The summed E-state index contributed by atoms with van der Waals surface area (Å²) in [6.07, 6.45) is -5.22. The van der Waals surface area contributed by atoms with Gasteiger partial charge in [0.25, 0.3) is 6.43 Å². The standard InChI is InChI=1S/C11H8BrF3N2O2/c12-7-2-1-5(13)3-6(7)11-16-9(19-17-11)4-8(18)10(14)15/h1-3,8,10,18H,4H2. The summed E-state index contributed by atoms with van der Waals surface area (Å²) < 4.78 is 42.7. The number of alkyl halides is 2. The lowest BCUT2D eigenvalue weighted by molar-refractivity contribution is -0.00754.